The molecule has 0 spiro atoms. The summed E-state index contributed by atoms with van der Waals surface area (Å²) in [6.45, 7) is 7.58. The molecule has 0 radical (unpaired) electrons. The summed E-state index contributed by atoms with van der Waals surface area (Å²) in [5.74, 6) is 3.06. The molecular weight excluding hydrogens is 246 g/mol. The summed E-state index contributed by atoms with van der Waals surface area (Å²) in [6, 6.07) is 8.91. The maximum Gasteiger partial charge on any atom is 0.119 e. The van der Waals surface area contributed by atoms with Crippen LogP contribution in [0.4, 0.5) is 0 Å². The van der Waals surface area contributed by atoms with Crippen molar-refractivity contribution in [3.63, 3.8) is 0 Å². The molecular formula is C18H29NO. The molecule has 0 bridgehead atoms. The highest BCUT2D eigenvalue weighted by Crippen LogP contribution is 2.39. The van der Waals surface area contributed by atoms with Crippen molar-refractivity contribution in [2.75, 3.05) is 6.61 Å². The average molecular weight is 275 g/mol. The van der Waals surface area contributed by atoms with Crippen LogP contribution < -0.4 is 10.5 Å². The first-order valence-corrected chi connectivity index (χ1v) is 8.10. The number of hydrogen-bond acceptors (Lipinski definition) is 2. The largest absolute Gasteiger partial charge is 0.494 e. The number of rotatable bonds is 5. The molecule has 1 aliphatic rings. The van der Waals surface area contributed by atoms with Gasteiger partial charge in [0, 0.05) is 6.04 Å². The lowest BCUT2D eigenvalue weighted by Crippen LogP contribution is -2.35. The van der Waals surface area contributed by atoms with Crippen molar-refractivity contribution in [3.05, 3.63) is 29.8 Å². The Hall–Kier alpha value is -1.02. The van der Waals surface area contributed by atoms with E-state index in [1.54, 1.807) is 0 Å². The molecule has 0 aromatic heterocycles. The standard InChI is InChI=1S/C18H29NO/c1-4-11-20-16-8-5-14(6-9-16)17-12-15(13(2)3)7-10-18(17)19/h5-6,8-9,13,15,17-18H,4,7,10-12,19H2,1-3H3. The second-order valence-electron chi connectivity index (χ2n) is 6.50. The summed E-state index contributed by atoms with van der Waals surface area (Å²) < 4.78 is 5.65. The minimum Gasteiger partial charge on any atom is -0.494 e. The first-order chi connectivity index (χ1) is 9.61. The van der Waals surface area contributed by atoms with Gasteiger partial charge >= 0.3 is 0 Å². The van der Waals surface area contributed by atoms with Crippen LogP contribution in [-0.4, -0.2) is 12.6 Å². The molecule has 1 saturated carbocycles. The highest BCUT2D eigenvalue weighted by molar-refractivity contribution is 5.30. The van der Waals surface area contributed by atoms with Gasteiger partial charge in [0.25, 0.3) is 0 Å². The first kappa shape index (κ1) is 15.4. The Morgan fingerprint density at radius 1 is 1.20 bits per heavy atom. The summed E-state index contributed by atoms with van der Waals surface area (Å²) in [4.78, 5) is 0. The molecule has 2 N–H and O–H groups in total. The normalized spacial score (nSPS) is 26.8. The number of nitrogens with two attached hydrogens (primary N) is 1. The second-order valence-corrected chi connectivity index (χ2v) is 6.50. The van der Waals surface area contributed by atoms with Gasteiger partial charge in [-0.25, -0.2) is 0 Å². The van der Waals surface area contributed by atoms with E-state index in [0.29, 0.717) is 12.0 Å². The molecule has 3 unspecified atom stereocenters. The van der Waals surface area contributed by atoms with Gasteiger partial charge in [-0.2, -0.15) is 0 Å². The van der Waals surface area contributed by atoms with Gasteiger partial charge in [-0.15, -0.1) is 0 Å². The Labute approximate surface area is 123 Å². The number of benzene rings is 1. The van der Waals surface area contributed by atoms with E-state index in [4.69, 9.17) is 10.5 Å². The van der Waals surface area contributed by atoms with E-state index in [1.807, 2.05) is 0 Å². The van der Waals surface area contributed by atoms with Crippen molar-refractivity contribution in [3.8, 4) is 5.75 Å². The molecule has 0 saturated heterocycles. The van der Waals surface area contributed by atoms with Crippen molar-refractivity contribution < 1.29 is 4.74 Å². The molecule has 2 rings (SSSR count). The monoisotopic (exact) mass is 275 g/mol. The molecule has 1 fully saturated rings. The highest BCUT2D eigenvalue weighted by Gasteiger charge is 2.30. The summed E-state index contributed by atoms with van der Waals surface area (Å²) in [5.41, 5.74) is 7.74. The van der Waals surface area contributed by atoms with Crippen LogP contribution in [0.1, 0.15) is 57.9 Å². The van der Waals surface area contributed by atoms with Crippen LogP contribution in [0.15, 0.2) is 24.3 Å². The number of ether oxygens (including phenoxy) is 1. The minimum absolute atomic E-state index is 0.312. The van der Waals surface area contributed by atoms with E-state index in [-0.39, 0.29) is 0 Å². The third-order valence-electron chi connectivity index (χ3n) is 4.67. The Kier molecular flexibility index (Phi) is 5.47. The van der Waals surface area contributed by atoms with Gasteiger partial charge in [0.2, 0.25) is 0 Å². The Morgan fingerprint density at radius 2 is 1.90 bits per heavy atom. The molecule has 0 heterocycles. The smallest absolute Gasteiger partial charge is 0.119 e. The van der Waals surface area contributed by atoms with Crippen LogP contribution >= 0.6 is 0 Å². The molecule has 1 aromatic rings. The third-order valence-corrected chi connectivity index (χ3v) is 4.67. The second kappa shape index (κ2) is 7.12. The number of hydrogen-bond donors (Lipinski definition) is 1. The van der Waals surface area contributed by atoms with Gasteiger partial charge in [-0.05, 0) is 61.1 Å². The predicted molar refractivity (Wildman–Crippen MR) is 85.1 cm³/mol. The molecule has 2 heteroatoms. The van der Waals surface area contributed by atoms with E-state index in [2.05, 4.69) is 45.0 Å². The fraction of sp³-hybridized carbons (Fsp3) is 0.667. The van der Waals surface area contributed by atoms with E-state index < -0.39 is 0 Å². The molecule has 1 aromatic carbocycles. The van der Waals surface area contributed by atoms with Crippen molar-refractivity contribution >= 4 is 0 Å². The zero-order valence-electron chi connectivity index (χ0n) is 13.1. The van der Waals surface area contributed by atoms with Crippen LogP contribution in [0.3, 0.4) is 0 Å². The van der Waals surface area contributed by atoms with Crippen LogP contribution in [0, 0.1) is 11.8 Å². The van der Waals surface area contributed by atoms with Gasteiger partial charge in [0.05, 0.1) is 6.61 Å². The predicted octanol–water partition coefficient (Wildman–Crippen LogP) is 4.34. The molecule has 0 aliphatic heterocycles. The van der Waals surface area contributed by atoms with Gasteiger partial charge in [-0.1, -0.05) is 32.9 Å². The molecule has 20 heavy (non-hydrogen) atoms. The van der Waals surface area contributed by atoms with Crippen LogP contribution in [-0.2, 0) is 0 Å². The van der Waals surface area contributed by atoms with E-state index in [0.717, 1.165) is 37.0 Å². The Bertz CT molecular complexity index is 398. The van der Waals surface area contributed by atoms with E-state index >= 15 is 0 Å². The summed E-state index contributed by atoms with van der Waals surface area (Å²) in [5, 5.41) is 0. The molecule has 2 nitrogen and oxygen atoms in total. The quantitative estimate of drug-likeness (QED) is 0.867. The third kappa shape index (κ3) is 3.76. The van der Waals surface area contributed by atoms with Crippen LogP contribution in [0.25, 0.3) is 0 Å². The maximum atomic E-state index is 6.36. The van der Waals surface area contributed by atoms with Gasteiger partial charge in [0.1, 0.15) is 5.75 Å². The summed E-state index contributed by atoms with van der Waals surface area (Å²) in [7, 11) is 0. The first-order valence-electron chi connectivity index (χ1n) is 8.10. The van der Waals surface area contributed by atoms with Crippen molar-refractivity contribution in [2.45, 2.75) is 58.4 Å². The molecule has 112 valence electrons. The lowest BCUT2D eigenvalue weighted by Gasteiger charge is -2.36. The van der Waals surface area contributed by atoms with Gasteiger partial charge in [0.15, 0.2) is 0 Å². The zero-order valence-corrected chi connectivity index (χ0v) is 13.1. The summed E-state index contributed by atoms with van der Waals surface area (Å²) >= 11 is 0. The lowest BCUT2D eigenvalue weighted by atomic mass is 9.71. The van der Waals surface area contributed by atoms with Crippen LogP contribution in [0.5, 0.6) is 5.75 Å². The average Bonchev–Trinajstić information content (AvgIpc) is 2.46. The van der Waals surface area contributed by atoms with Crippen LogP contribution in [0.2, 0.25) is 0 Å². The highest BCUT2D eigenvalue weighted by atomic mass is 16.5. The van der Waals surface area contributed by atoms with Crippen molar-refractivity contribution in [1.82, 2.24) is 0 Å². The van der Waals surface area contributed by atoms with E-state index in [1.165, 1.54) is 18.4 Å². The van der Waals surface area contributed by atoms with Gasteiger partial charge in [-0.3, -0.25) is 0 Å². The fourth-order valence-electron chi connectivity index (χ4n) is 3.25. The molecule has 1 aliphatic carbocycles. The summed E-state index contributed by atoms with van der Waals surface area (Å²) in [6.07, 6.45) is 4.72. The molecule has 3 atom stereocenters. The SMILES string of the molecule is CCCOc1ccc(C2CC(C(C)C)CCC2N)cc1. The maximum absolute atomic E-state index is 6.36. The Morgan fingerprint density at radius 3 is 2.50 bits per heavy atom. The Balaban J connectivity index is 2.05. The minimum atomic E-state index is 0.312. The lowest BCUT2D eigenvalue weighted by molar-refractivity contribution is 0.232. The van der Waals surface area contributed by atoms with E-state index in [9.17, 15) is 0 Å². The zero-order chi connectivity index (χ0) is 14.5. The topological polar surface area (TPSA) is 35.2 Å². The van der Waals surface area contributed by atoms with Crippen molar-refractivity contribution in [1.29, 1.82) is 0 Å². The fourth-order valence-corrected chi connectivity index (χ4v) is 3.25. The van der Waals surface area contributed by atoms with Gasteiger partial charge < -0.3 is 10.5 Å². The van der Waals surface area contributed by atoms with Crippen molar-refractivity contribution in [2.24, 2.45) is 17.6 Å². The molecule has 0 amide bonds.